The Kier molecular flexibility index (Phi) is 4.80. The van der Waals surface area contributed by atoms with Gasteiger partial charge in [-0.2, -0.15) is 4.98 Å². The number of aryl methyl sites for hydroxylation is 1. The molecule has 0 spiro atoms. The lowest BCUT2D eigenvalue weighted by molar-refractivity contribution is -0.142. The first-order valence-electron chi connectivity index (χ1n) is 8.46. The fraction of sp³-hybridized carbons (Fsp3) is 0.706. The Balaban J connectivity index is 1.78. The second-order valence-corrected chi connectivity index (χ2v) is 6.72. The van der Waals surface area contributed by atoms with Gasteiger partial charge in [-0.3, -0.25) is 4.79 Å². The Morgan fingerprint density at radius 2 is 2.04 bits per heavy atom. The van der Waals surface area contributed by atoms with Gasteiger partial charge in [0, 0.05) is 12.6 Å². The van der Waals surface area contributed by atoms with E-state index in [1.807, 2.05) is 17.9 Å². The van der Waals surface area contributed by atoms with Gasteiger partial charge in [0.25, 0.3) is 5.89 Å². The highest BCUT2D eigenvalue weighted by molar-refractivity contribution is 5.88. The average Bonchev–Trinajstić information content (AvgIpc) is 2.95. The van der Waals surface area contributed by atoms with E-state index in [9.17, 15) is 4.79 Å². The lowest BCUT2D eigenvalue weighted by atomic mass is 9.87. The zero-order valence-electron chi connectivity index (χ0n) is 14.1. The molecule has 1 aromatic rings. The van der Waals surface area contributed by atoms with Crippen LogP contribution in [0.3, 0.4) is 0 Å². The van der Waals surface area contributed by atoms with Gasteiger partial charge in [-0.15, -0.1) is 0 Å². The van der Waals surface area contributed by atoms with Gasteiger partial charge >= 0.3 is 0 Å². The Bertz CT molecular complexity index is 586. The molecule has 1 aliphatic heterocycles. The summed E-state index contributed by atoms with van der Waals surface area (Å²) >= 11 is 0. The van der Waals surface area contributed by atoms with Crippen molar-refractivity contribution in [3.8, 4) is 0 Å². The van der Waals surface area contributed by atoms with Crippen LogP contribution in [0, 0.1) is 12.8 Å². The molecule has 1 aliphatic carbocycles. The standard InChI is InChI=1S/C17H25N3O3/c1-11-4-6-14(7-5-11)10-15(21)20-8-9-22-12(2)16(20)17-18-13(3)19-23-17/h10-12,16H,4-9H2,1-3H3/t11?,12-,16+/m1/s1. The highest BCUT2D eigenvalue weighted by Gasteiger charge is 2.37. The van der Waals surface area contributed by atoms with Crippen LogP contribution in [0.4, 0.5) is 0 Å². The third kappa shape index (κ3) is 3.63. The summed E-state index contributed by atoms with van der Waals surface area (Å²) in [6.07, 6.45) is 6.06. The van der Waals surface area contributed by atoms with Crippen molar-refractivity contribution in [1.29, 1.82) is 0 Å². The molecule has 1 aromatic heterocycles. The van der Waals surface area contributed by atoms with Gasteiger partial charge in [-0.05, 0) is 45.4 Å². The van der Waals surface area contributed by atoms with Crippen LogP contribution >= 0.6 is 0 Å². The van der Waals surface area contributed by atoms with Crippen LogP contribution in [0.1, 0.15) is 57.3 Å². The van der Waals surface area contributed by atoms with Gasteiger partial charge in [-0.25, -0.2) is 0 Å². The maximum atomic E-state index is 12.8. The quantitative estimate of drug-likeness (QED) is 0.784. The molecule has 126 valence electrons. The summed E-state index contributed by atoms with van der Waals surface area (Å²) in [5, 5.41) is 3.85. The second-order valence-electron chi connectivity index (χ2n) is 6.72. The SMILES string of the molecule is Cc1noc([C@@H]2[C@@H](C)OCCN2C(=O)C=C2CCC(C)CC2)n1. The van der Waals surface area contributed by atoms with Gasteiger partial charge < -0.3 is 14.2 Å². The third-order valence-corrected chi connectivity index (χ3v) is 4.82. The minimum Gasteiger partial charge on any atom is -0.374 e. The van der Waals surface area contributed by atoms with E-state index in [0.29, 0.717) is 24.9 Å². The van der Waals surface area contributed by atoms with Crippen LogP contribution in [0.15, 0.2) is 16.2 Å². The molecule has 2 atom stereocenters. The largest absolute Gasteiger partial charge is 0.374 e. The predicted octanol–water partition coefficient (Wildman–Crippen LogP) is 2.80. The molecule has 3 rings (SSSR count). The number of amides is 1. The number of hydrogen-bond acceptors (Lipinski definition) is 5. The lowest BCUT2D eigenvalue weighted by Crippen LogP contribution is -2.47. The van der Waals surface area contributed by atoms with Crippen molar-refractivity contribution in [2.75, 3.05) is 13.2 Å². The normalized spacial score (nSPS) is 28.7. The number of nitrogens with zero attached hydrogens (tertiary/aromatic N) is 3. The van der Waals surface area contributed by atoms with Crippen molar-refractivity contribution in [3.63, 3.8) is 0 Å². The molecule has 6 heteroatoms. The van der Waals surface area contributed by atoms with Crippen LogP contribution in [0.2, 0.25) is 0 Å². The van der Waals surface area contributed by atoms with E-state index in [4.69, 9.17) is 9.26 Å². The molecular weight excluding hydrogens is 294 g/mol. The molecular formula is C17H25N3O3. The molecule has 6 nitrogen and oxygen atoms in total. The Morgan fingerprint density at radius 1 is 1.30 bits per heavy atom. The van der Waals surface area contributed by atoms with Gasteiger partial charge in [0.05, 0.1) is 12.7 Å². The third-order valence-electron chi connectivity index (χ3n) is 4.82. The van der Waals surface area contributed by atoms with E-state index >= 15 is 0 Å². The number of hydrogen-bond donors (Lipinski definition) is 0. The molecule has 0 N–H and O–H groups in total. The van der Waals surface area contributed by atoms with Crippen LogP contribution < -0.4 is 0 Å². The second kappa shape index (κ2) is 6.83. The maximum Gasteiger partial charge on any atom is 0.252 e. The monoisotopic (exact) mass is 319 g/mol. The van der Waals surface area contributed by atoms with Crippen molar-refractivity contribution < 1.29 is 14.1 Å². The van der Waals surface area contributed by atoms with Gasteiger partial charge in [0.2, 0.25) is 5.91 Å². The summed E-state index contributed by atoms with van der Waals surface area (Å²) < 4.78 is 11.0. The minimum absolute atomic E-state index is 0.0329. The molecule has 0 aromatic carbocycles. The maximum absolute atomic E-state index is 12.8. The fourth-order valence-electron chi connectivity index (χ4n) is 3.37. The highest BCUT2D eigenvalue weighted by Crippen LogP contribution is 2.31. The number of carbonyl (C=O) groups is 1. The molecule has 1 saturated carbocycles. The molecule has 0 unspecified atom stereocenters. The van der Waals surface area contributed by atoms with Crippen LogP contribution in [0.25, 0.3) is 0 Å². The average molecular weight is 319 g/mol. The Hall–Kier alpha value is -1.69. The first kappa shape index (κ1) is 16.2. The van der Waals surface area contributed by atoms with Crippen LogP contribution in [0.5, 0.6) is 0 Å². The van der Waals surface area contributed by atoms with Crippen molar-refractivity contribution in [1.82, 2.24) is 15.0 Å². The van der Waals surface area contributed by atoms with Crippen molar-refractivity contribution in [2.45, 2.75) is 58.6 Å². The first-order chi connectivity index (χ1) is 11.0. The van der Waals surface area contributed by atoms with E-state index in [1.54, 1.807) is 6.92 Å². The molecule has 1 amide bonds. The van der Waals surface area contributed by atoms with E-state index < -0.39 is 0 Å². The van der Waals surface area contributed by atoms with E-state index in [-0.39, 0.29) is 18.1 Å². The summed E-state index contributed by atoms with van der Waals surface area (Å²) in [6.45, 7) is 7.08. The number of ether oxygens (including phenoxy) is 1. The lowest BCUT2D eigenvalue weighted by Gasteiger charge is -2.37. The summed E-state index contributed by atoms with van der Waals surface area (Å²) in [7, 11) is 0. The number of morpholine rings is 1. The van der Waals surface area contributed by atoms with Gasteiger partial charge in [0.1, 0.15) is 6.04 Å². The van der Waals surface area contributed by atoms with Crippen molar-refractivity contribution in [3.05, 3.63) is 23.4 Å². The smallest absolute Gasteiger partial charge is 0.252 e. The summed E-state index contributed by atoms with van der Waals surface area (Å²) in [5.74, 6) is 1.83. The van der Waals surface area contributed by atoms with Gasteiger partial charge in [0.15, 0.2) is 5.82 Å². The Morgan fingerprint density at radius 3 is 2.70 bits per heavy atom. The van der Waals surface area contributed by atoms with Crippen molar-refractivity contribution in [2.24, 2.45) is 5.92 Å². The molecule has 2 aliphatic rings. The Labute approximate surface area is 136 Å². The molecule has 0 bridgehead atoms. The van der Waals surface area contributed by atoms with Crippen LogP contribution in [-0.2, 0) is 9.53 Å². The molecule has 1 saturated heterocycles. The van der Waals surface area contributed by atoms with Crippen LogP contribution in [-0.4, -0.2) is 40.2 Å². The number of carbonyl (C=O) groups excluding carboxylic acids is 1. The topological polar surface area (TPSA) is 68.5 Å². The minimum atomic E-state index is -0.309. The first-order valence-corrected chi connectivity index (χ1v) is 8.46. The molecule has 23 heavy (non-hydrogen) atoms. The summed E-state index contributed by atoms with van der Waals surface area (Å²) in [6, 6.07) is -0.309. The van der Waals surface area contributed by atoms with E-state index in [0.717, 1.165) is 18.8 Å². The highest BCUT2D eigenvalue weighted by atomic mass is 16.5. The summed E-state index contributed by atoms with van der Waals surface area (Å²) in [5.41, 5.74) is 1.26. The van der Waals surface area contributed by atoms with Crippen molar-refractivity contribution >= 4 is 5.91 Å². The zero-order valence-corrected chi connectivity index (χ0v) is 14.1. The molecule has 0 radical (unpaired) electrons. The van der Waals surface area contributed by atoms with E-state index in [1.165, 1.54) is 18.4 Å². The summed E-state index contributed by atoms with van der Waals surface area (Å²) in [4.78, 5) is 18.9. The number of rotatable bonds is 2. The zero-order chi connectivity index (χ0) is 16.4. The predicted molar refractivity (Wildman–Crippen MR) is 84.6 cm³/mol. The fourth-order valence-corrected chi connectivity index (χ4v) is 3.37. The molecule has 2 heterocycles. The van der Waals surface area contributed by atoms with Gasteiger partial charge in [-0.1, -0.05) is 17.7 Å². The number of allylic oxidation sites excluding steroid dienone is 1. The van der Waals surface area contributed by atoms with E-state index in [2.05, 4.69) is 17.1 Å². The molecule has 2 fully saturated rings. The number of aromatic nitrogens is 2.